The van der Waals surface area contributed by atoms with Crippen LogP contribution in [0.1, 0.15) is 55.8 Å². The molecule has 218 valence electrons. The molecule has 0 aromatic heterocycles. The van der Waals surface area contributed by atoms with E-state index in [1.54, 1.807) is 35.8 Å². The number of urea groups is 1. The summed E-state index contributed by atoms with van der Waals surface area (Å²) in [5, 5.41) is 11.7. The van der Waals surface area contributed by atoms with Gasteiger partial charge < -0.3 is 20.6 Å². The molecule has 3 amide bonds. The molecule has 2 aromatic carbocycles. The molecule has 3 N–H and O–H groups in total. The van der Waals surface area contributed by atoms with Gasteiger partial charge in [-0.25, -0.2) is 4.79 Å². The summed E-state index contributed by atoms with van der Waals surface area (Å²) in [6, 6.07) is 10.9. The Morgan fingerprint density at radius 2 is 1.52 bits per heavy atom. The zero-order valence-corrected chi connectivity index (χ0v) is 23.5. The molecule has 2 atom stereocenters. The normalized spacial score (nSPS) is 20.4. The van der Waals surface area contributed by atoms with Gasteiger partial charge >= 0.3 is 12.2 Å². The van der Waals surface area contributed by atoms with Crippen molar-refractivity contribution in [3.63, 3.8) is 0 Å². The van der Waals surface area contributed by atoms with Gasteiger partial charge in [-0.05, 0) is 68.0 Å². The molecule has 2 saturated heterocycles. The number of hydrogen-bond donors (Lipinski definition) is 2. The summed E-state index contributed by atoms with van der Waals surface area (Å²) < 4.78 is 39.8. The highest BCUT2D eigenvalue weighted by Gasteiger charge is 2.42. The largest absolute Gasteiger partial charge is 0.416 e. The Kier molecular flexibility index (Phi) is 9.02. The number of carbonyl (C=O) groups excluding carboxylic acids is 2. The quantitative estimate of drug-likeness (QED) is 0.508. The number of nitrogens with two attached hydrogens (primary N) is 1. The number of amides is 3. The number of piperidine rings is 1. The first-order chi connectivity index (χ1) is 18.7. The molecule has 2 heterocycles. The molecule has 11 heteroatoms. The maximum atomic E-state index is 13.5. The summed E-state index contributed by atoms with van der Waals surface area (Å²) >= 11 is 6.12. The van der Waals surface area contributed by atoms with E-state index in [0.717, 1.165) is 17.7 Å². The van der Waals surface area contributed by atoms with Crippen LogP contribution in [0.25, 0.3) is 0 Å². The predicted molar refractivity (Wildman–Crippen MR) is 147 cm³/mol. The van der Waals surface area contributed by atoms with Crippen LogP contribution in [0.4, 0.5) is 18.0 Å². The highest BCUT2D eigenvalue weighted by molar-refractivity contribution is 6.30. The third-order valence-electron chi connectivity index (χ3n) is 8.04. The number of primary amides is 1. The fourth-order valence-electron chi connectivity index (χ4n) is 5.78. The van der Waals surface area contributed by atoms with Gasteiger partial charge in [0.2, 0.25) is 5.91 Å². The molecule has 2 aliphatic rings. The van der Waals surface area contributed by atoms with Crippen LogP contribution < -0.4 is 5.73 Å². The minimum atomic E-state index is -4.44. The van der Waals surface area contributed by atoms with Gasteiger partial charge in [-0.3, -0.25) is 9.69 Å². The Morgan fingerprint density at radius 3 is 2.02 bits per heavy atom. The highest BCUT2D eigenvalue weighted by Crippen LogP contribution is 2.36. The van der Waals surface area contributed by atoms with Crippen molar-refractivity contribution in [3.05, 3.63) is 70.2 Å². The number of nitrogens with zero attached hydrogens (tertiary/aromatic N) is 3. The number of hydrogen-bond acceptors (Lipinski definition) is 4. The molecule has 1 unspecified atom stereocenters. The minimum absolute atomic E-state index is 0.0538. The first-order valence-corrected chi connectivity index (χ1v) is 13.8. The zero-order chi connectivity index (χ0) is 29.2. The third kappa shape index (κ3) is 7.08. The van der Waals surface area contributed by atoms with Gasteiger partial charge in [0.25, 0.3) is 0 Å². The first-order valence-electron chi connectivity index (χ1n) is 13.5. The van der Waals surface area contributed by atoms with Crippen molar-refractivity contribution < 1.29 is 27.9 Å². The average molecular weight is 581 g/mol. The smallest absolute Gasteiger partial charge is 0.388 e. The van der Waals surface area contributed by atoms with Crippen molar-refractivity contribution in [2.24, 2.45) is 11.7 Å². The number of halogens is 4. The molecule has 40 heavy (non-hydrogen) atoms. The Bertz CT molecular complexity index is 1180. The molecule has 4 rings (SSSR count). The van der Waals surface area contributed by atoms with E-state index in [1.165, 1.54) is 12.1 Å². The lowest BCUT2D eigenvalue weighted by Gasteiger charge is -2.49. The van der Waals surface area contributed by atoms with Gasteiger partial charge in [-0.15, -0.1) is 0 Å². The fraction of sp³-hybridized carbons (Fsp3) is 0.517. The van der Waals surface area contributed by atoms with Crippen LogP contribution in [-0.2, 0) is 11.0 Å². The molecular weight excluding hydrogens is 545 g/mol. The van der Waals surface area contributed by atoms with Crippen molar-refractivity contribution in [2.45, 2.75) is 57.0 Å². The first kappa shape index (κ1) is 30.1. The number of likely N-dealkylation sites (tertiary alicyclic amines) is 1. The molecule has 2 fully saturated rings. The van der Waals surface area contributed by atoms with Crippen LogP contribution in [0.2, 0.25) is 5.02 Å². The van der Waals surface area contributed by atoms with Gasteiger partial charge in [-0.1, -0.05) is 35.9 Å². The Hall–Kier alpha value is -2.82. The van der Waals surface area contributed by atoms with E-state index in [9.17, 15) is 27.9 Å². The van der Waals surface area contributed by atoms with Crippen molar-refractivity contribution in [3.8, 4) is 0 Å². The summed E-state index contributed by atoms with van der Waals surface area (Å²) in [7, 11) is 0. The van der Waals surface area contributed by atoms with E-state index in [0.29, 0.717) is 62.6 Å². The Morgan fingerprint density at radius 1 is 0.975 bits per heavy atom. The number of benzene rings is 2. The van der Waals surface area contributed by atoms with Crippen LogP contribution in [0.15, 0.2) is 48.5 Å². The minimum Gasteiger partial charge on any atom is -0.388 e. The van der Waals surface area contributed by atoms with Crippen molar-refractivity contribution in [1.82, 2.24) is 14.7 Å². The molecule has 7 nitrogen and oxygen atoms in total. The molecule has 0 radical (unpaired) electrons. The second-order valence-electron chi connectivity index (χ2n) is 11.3. The van der Waals surface area contributed by atoms with Crippen molar-refractivity contribution >= 4 is 23.5 Å². The Balaban J connectivity index is 1.56. The van der Waals surface area contributed by atoms with E-state index >= 15 is 0 Å². The van der Waals surface area contributed by atoms with Crippen molar-refractivity contribution in [2.75, 3.05) is 32.7 Å². The molecule has 2 aromatic rings. The summed E-state index contributed by atoms with van der Waals surface area (Å²) in [4.78, 5) is 30.4. The number of alkyl halides is 3. The lowest BCUT2D eigenvalue weighted by Crippen LogP contribution is -2.63. The number of aliphatic hydroxyl groups is 1. The third-order valence-corrected chi connectivity index (χ3v) is 8.29. The standard InChI is InChI=1S/C29H36ClF3N4O3/c1-28(2,40)24-18-36(15-16-37(24)25(38)17-19-11-13-35(14-12-19)27(34)39)26(21-5-9-23(30)10-6-21)20-3-7-22(8-4-20)29(31,32)33/h3-10,19,24,26,40H,11-18H2,1-2H3,(H2,34,39)/t24-,26?/m1/s1. The van der Waals surface area contributed by atoms with Crippen LogP contribution in [0, 0.1) is 5.92 Å². The molecule has 2 aliphatic heterocycles. The lowest BCUT2D eigenvalue weighted by atomic mass is 9.89. The van der Waals surface area contributed by atoms with E-state index in [-0.39, 0.29) is 11.8 Å². The van der Waals surface area contributed by atoms with Gasteiger partial charge in [-0.2, -0.15) is 13.2 Å². The average Bonchev–Trinajstić information content (AvgIpc) is 2.89. The molecule has 0 saturated carbocycles. The number of carbonyl (C=O) groups is 2. The van der Waals surface area contributed by atoms with E-state index in [2.05, 4.69) is 4.90 Å². The monoisotopic (exact) mass is 580 g/mol. The zero-order valence-electron chi connectivity index (χ0n) is 22.7. The summed E-state index contributed by atoms with van der Waals surface area (Å²) in [5.41, 5.74) is 4.94. The summed E-state index contributed by atoms with van der Waals surface area (Å²) in [5.74, 6) is 0.0689. The summed E-state index contributed by atoms with van der Waals surface area (Å²) in [6.07, 6.45) is -2.75. The highest BCUT2D eigenvalue weighted by atomic mass is 35.5. The summed E-state index contributed by atoms with van der Waals surface area (Å²) in [6.45, 7) is 5.52. The van der Waals surface area contributed by atoms with Gasteiger partial charge in [0.1, 0.15) is 0 Å². The molecule has 0 aliphatic carbocycles. The maximum Gasteiger partial charge on any atom is 0.416 e. The Labute approximate surface area is 237 Å². The van der Waals surface area contributed by atoms with Crippen LogP contribution >= 0.6 is 11.6 Å². The molecular formula is C29H36ClF3N4O3. The topological polar surface area (TPSA) is 90.1 Å². The SMILES string of the molecule is CC(C)(O)[C@H]1CN(C(c2ccc(Cl)cc2)c2ccc(C(F)(F)F)cc2)CCN1C(=O)CC1CCN(C(N)=O)CC1. The molecule has 0 spiro atoms. The number of rotatable bonds is 6. The lowest BCUT2D eigenvalue weighted by molar-refractivity contribution is -0.146. The number of piperazine rings is 1. The van der Waals surface area contributed by atoms with Gasteiger partial charge in [0.15, 0.2) is 0 Å². The van der Waals surface area contributed by atoms with Crippen LogP contribution in [-0.4, -0.2) is 76.1 Å². The second-order valence-corrected chi connectivity index (χ2v) is 11.7. The van der Waals surface area contributed by atoms with Gasteiger partial charge in [0, 0.05) is 44.2 Å². The second kappa shape index (κ2) is 12.0. The van der Waals surface area contributed by atoms with Crippen LogP contribution in [0.3, 0.4) is 0 Å². The van der Waals surface area contributed by atoms with E-state index < -0.39 is 35.5 Å². The maximum absolute atomic E-state index is 13.5. The fourth-order valence-corrected chi connectivity index (χ4v) is 5.90. The van der Waals surface area contributed by atoms with Crippen LogP contribution in [0.5, 0.6) is 0 Å². The van der Waals surface area contributed by atoms with E-state index in [4.69, 9.17) is 17.3 Å². The predicted octanol–water partition coefficient (Wildman–Crippen LogP) is 4.91. The van der Waals surface area contributed by atoms with Crippen molar-refractivity contribution in [1.29, 1.82) is 0 Å². The van der Waals surface area contributed by atoms with Gasteiger partial charge in [0.05, 0.1) is 23.2 Å². The van der Waals surface area contributed by atoms with E-state index in [1.807, 2.05) is 12.1 Å². The molecule has 0 bridgehead atoms.